The molecule has 1 N–H and O–H groups in total. The van der Waals surface area contributed by atoms with E-state index < -0.39 is 18.1 Å². The molecular weight excluding hydrogens is 207 g/mol. The smallest absolute Gasteiger partial charge is 0.309 e. The first-order valence-electron chi connectivity index (χ1n) is 5.58. The lowest BCUT2D eigenvalue weighted by Crippen LogP contribution is -2.19. The van der Waals surface area contributed by atoms with Crippen molar-refractivity contribution in [2.75, 3.05) is 0 Å². The number of carbonyl (C=O) groups is 1. The summed E-state index contributed by atoms with van der Waals surface area (Å²) in [6.45, 7) is 1.97. The zero-order chi connectivity index (χ0) is 12.0. The largest absolute Gasteiger partial charge is 0.481 e. The molecule has 0 bridgehead atoms. The summed E-state index contributed by atoms with van der Waals surface area (Å²) in [6.07, 6.45) is 0.600. The third-order valence-electron chi connectivity index (χ3n) is 2.66. The molecule has 0 fully saturated rings. The van der Waals surface area contributed by atoms with Gasteiger partial charge in [0.2, 0.25) is 0 Å². The van der Waals surface area contributed by atoms with Crippen molar-refractivity contribution < 1.29 is 14.3 Å². The number of hydrogen-bond acceptors (Lipinski definition) is 1. The first kappa shape index (κ1) is 12.7. The number of hydrogen-bond donors (Lipinski definition) is 1. The second kappa shape index (κ2) is 6.26. The summed E-state index contributed by atoms with van der Waals surface area (Å²) in [4.78, 5) is 11.0. The maximum atomic E-state index is 14.0. The minimum Gasteiger partial charge on any atom is -0.481 e. The average molecular weight is 224 g/mol. The molecule has 2 nitrogen and oxygen atoms in total. The average Bonchev–Trinajstić information content (AvgIpc) is 2.30. The number of rotatable bonds is 6. The van der Waals surface area contributed by atoms with E-state index in [0.717, 1.165) is 12.8 Å². The van der Waals surface area contributed by atoms with Crippen LogP contribution in [0.1, 0.15) is 37.9 Å². The highest BCUT2D eigenvalue weighted by Gasteiger charge is 2.28. The van der Waals surface area contributed by atoms with Gasteiger partial charge in [-0.2, -0.15) is 0 Å². The van der Waals surface area contributed by atoms with E-state index in [0.29, 0.717) is 12.0 Å². The maximum Gasteiger partial charge on any atom is 0.309 e. The first-order valence-corrected chi connectivity index (χ1v) is 5.58. The zero-order valence-electron chi connectivity index (χ0n) is 9.40. The van der Waals surface area contributed by atoms with E-state index in [1.165, 1.54) is 0 Å². The molecule has 1 aromatic rings. The van der Waals surface area contributed by atoms with Gasteiger partial charge in [-0.1, -0.05) is 50.1 Å². The molecule has 0 saturated carbocycles. The summed E-state index contributed by atoms with van der Waals surface area (Å²) in [5.41, 5.74) is 0.450. The Morgan fingerprint density at radius 1 is 1.38 bits per heavy atom. The lowest BCUT2D eigenvalue weighted by atomic mass is 9.92. The van der Waals surface area contributed by atoms with Crippen LogP contribution in [0, 0.1) is 5.92 Å². The molecule has 0 saturated heterocycles. The van der Waals surface area contributed by atoms with Crippen molar-refractivity contribution in [1.29, 1.82) is 0 Å². The third-order valence-corrected chi connectivity index (χ3v) is 2.66. The highest BCUT2D eigenvalue weighted by atomic mass is 19.1. The lowest BCUT2D eigenvalue weighted by molar-refractivity contribution is -0.144. The fraction of sp³-hybridized carbons (Fsp3) is 0.462. The van der Waals surface area contributed by atoms with Crippen LogP contribution in [0.15, 0.2) is 30.3 Å². The van der Waals surface area contributed by atoms with Crippen LogP contribution in [-0.2, 0) is 4.79 Å². The van der Waals surface area contributed by atoms with Gasteiger partial charge in [0.1, 0.15) is 6.17 Å². The molecule has 0 aliphatic carbocycles. The van der Waals surface area contributed by atoms with Crippen LogP contribution in [0.3, 0.4) is 0 Å². The molecule has 0 aromatic heterocycles. The molecule has 3 heteroatoms. The molecule has 2 atom stereocenters. The predicted octanol–water partition coefficient (Wildman–Crippen LogP) is 3.59. The van der Waals surface area contributed by atoms with Crippen molar-refractivity contribution in [3.8, 4) is 0 Å². The van der Waals surface area contributed by atoms with Gasteiger partial charge in [-0.25, -0.2) is 4.39 Å². The summed E-state index contributed by atoms with van der Waals surface area (Å²) < 4.78 is 14.0. The summed E-state index contributed by atoms with van der Waals surface area (Å²) in [6, 6.07) is 8.50. The Labute approximate surface area is 95.1 Å². The van der Waals surface area contributed by atoms with Crippen molar-refractivity contribution in [3.05, 3.63) is 35.9 Å². The van der Waals surface area contributed by atoms with Crippen molar-refractivity contribution in [2.24, 2.45) is 5.92 Å². The number of unbranched alkanes of at least 4 members (excludes halogenated alkanes) is 1. The minimum absolute atomic E-state index is 0.391. The van der Waals surface area contributed by atoms with E-state index >= 15 is 0 Å². The van der Waals surface area contributed by atoms with Crippen molar-refractivity contribution in [1.82, 2.24) is 0 Å². The SMILES string of the molecule is CCCCC(C(=O)O)C(F)c1ccccc1. The molecule has 0 aliphatic rings. The van der Waals surface area contributed by atoms with E-state index in [1.54, 1.807) is 30.3 Å². The van der Waals surface area contributed by atoms with Crippen LogP contribution in [0.5, 0.6) is 0 Å². The van der Waals surface area contributed by atoms with Crippen LogP contribution in [0.4, 0.5) is 4.39 Å². The zero-order valence-corrected chi connectivity index (χ0v) is 9.40. The fourth-order valence-corrected chi connectivity index (χ4v) is 1.69. The van der Waals surface area contributed by atoms with Crippen molar-refractivity contribution in [2.45, 2.75) is 32.4 Å². The Kier molecular flexibility index (Phi) is 4.96. The molecule has 0 radical (unpaired) electrons. The van der Waals surface area contributed by atoms with E-state index in [-0.39, 0.29) is 0 Å². The van der Waals surface area contributed by atoms with Gasteiger partial charge in [-0.15, -0.1) is 0 Å². The second-order valence-electron chi connectivity index (χ2n) is 3.90. The van der Waals surface area contributed by atoms with Crippen LogP contribution in [-0.4, -0.2) is 11.1 Å². The minimum atomic E-state index is -1.41. The monoisotopic (exact) mass is 224 g/mol. The molecule has 0 spiro atoms. The van der Waals surface area contributed by atoms with E-state index in [9.17, 15) is 9.18 Å². The topological polar surface area (TPSA) is 37.3 Å². The molecule has 0 heterocycles. The van der Waals surface area contributed by atoms with Crippen molar-refractivity contribution in [3.63, 3.8) is 0 Å². The van der Waals surface area contributed by atoms with E-state index in [4.69, 9.17) is 5.11 Å². The van der Waals surface area contributed by atoms with Gasteiger partial charge >= 0.3 is 5.97 Å². The molecule has 0 amide bonds. The number of benzene rings is 1. The van der Waals surface area contributed by atoms with Gasteiger partial charge < -0.3 is 5.11 Å². The van der Waals surface area contributed by atoms with Gasteiger partial charge in [0.05, 0.1) is 5.92 Å². The normalized spacial score (nSPS) is 14.4. The van der Waals surface area contributed by atoms with Gasteiger partial charge in [-0.3, -0.25) is 4.79 Å². The Bertz CT molecular complexity index is 324. The number of aliphatic carboxylic acids is 1. The predicted molar refractivity (Wildman–Crippen MR) is 60.9 cm³/mol. The second-order valence-corrected chi connectivity index (χ2v) is 3.90. The number of carboxylic acids is 1. The standard InChI is InChI=1S/C13H17FO2/c1-2-3-9-11(13(15)16)12(14)10-7-5-4-6-8-10/h4-8,11-12H,2-3,9H2,1H3,(H,15,16). The van der Waals surface area contributed by atoms with Gasteiger partial charge in [0, 0.05) is 0 Å². The maximum absolute atomic E-state index is 14.0. The Balaban J connectivity index is 2.75. The highest BCUT2D eigenvalue weighted by molar-refractivity contribution is 5.71. The Morgan fingerprint density at radius 2 is 2.00 bits per heavy atom. The van der Waals surface area contributed by atoms with Gasteiger partial charge in [0.25, 0.3) is 0 Å². The summed E-state index contributed by atoms with van der Waals surface area (Å²) in [7, 11) is 0. The molecule has 2 unspecified atom stereocenters. The van der Waals surface area contributed by atoms with Gasteiger partial charge in [0.15, 0.2) is 0 Å². The highest BCUT2D eigenvalue weighted by Crippen LogP contribution is 2.30. The van der Waals surface area contributed by atoms with Crippen LogP contribution in [0.2, 0.25) is 0 Å². The Hall–Kier alpha value is -1.38. The molecular formula is C13H17FO2. The molecule has 88 valence electrons. The van der Waals surface area contributed by atoms with Gasteiger partial charge in [-0.05, 0) is 12.0 Å². The van der Waals surface area contributed by atoms with Crippen LogP contribution in [0.25, 0.3) is 0 Å². The summed E-state index contributed by atoms with van der Waals surface area (Å²) >= 11 is 0. The summed E-state index contributed by atoms with van der Waals surface area (Å²) in [5.74, 6) is -1.98. The van der Waals surface area contributed by atoms with E-state index in [1.807, 2.05) is 6.92 Å². The molecule has 1 rings (SSSR count). The molecule has 1 aromatic carbocycles. The fourth-order valence-electron chi connectivity index (χ4n) is 1.69. The van der Waals surface area contributed by atoms with Crippen LogP contribution >= 0.6 is 0 Å². The van der Waals surface area contributed by atoms with Crippen LogP contribution < -0.4 is 0 Å². The third kappa shape index (κ3) is 3.33. The quantitative estimate of drug-likeness (QED) is 0.801. The number of carboxylic acid groups (broad SMARTS) is 1. The lowest BCUT2D eigenvalue weighted by Gasteiger charge is -2.16. The number of halogens is 1. The van der Waals surface area contributed by atoms with E-state index in [2.05, 4.69) is 0 Å². The Morgan fingerprint density at radius 3 is 2.50 bits per heavy atom. The molecule has 0 aliphatic heterocycles. The first-order chi connectivity index (χ1) is 7.66. The number of alkyl halides is 1. The summed E-state index contributed by atoms with van der Waals surface area (Å²) in [5, 5.41) is 8.99. The van der Waals surface area contributed by atoms with Crippen molar-refractivity contribution >= 4 is 5.97 Å². The molecule has 16 heavy (non-hydrogen) atoms.